The summed E-state index contributed by atoms with van der Waals surface area (Å²) < 4.78 is 13.2. The predicted octanol–water partition coefficient (Wildman–Crippen LogP) is 3.46. The van der Waals surface area contributed by atoms with Crippen LogP contribution in [0.1, 0.15) is 20.3 Å². The SMILES string of the molecule is CC(C)CC(=O)Nc1ccc(Cl)cc1F. The van der Waals surface area contributed by atoms with Crippen LogP contribution in [0.2, 0.25) is 5.02 Å². The number of halogens is 2. The fourth-order valence-corrected chi connectivity index (χ4v) is 1.32. The molecule has 0 saturated carbocycles. The monoisotopic (exact) mass is 229 g/mol. The van der Waals surface area contributed by atoms with Crippen LogP contribution >= 0.6 is 11.6 Å². The number of anilines is 1. The summed E-state index contributed by atoms with van der Waals surface area (Å²) in [6.45, 7) is 3.86. The molecule has 0 aliphatic heterocycles. The third kappa shape index (κ3) is 3.88. The van der Waals surface area contributed by atoms with Gasteiger partial charge in [0.2, 0.25) is 5.91 Å². The number of rotatable bonds is 3. The van der Waals surface area contributed by atoms with E-state index in [2.05, 4.69) is 5.32 Å². The second-order valence-electron chi connectivity index (χ2n) is 3.77. The molecular weight excluding hydrogens is 217 g/mol. The summed E-state index contributed by atoms with van der Waals surface area (Å²) in [5.74, 6) is -0.453. The van der Waals surface area contributed by atoms with Crippen LogP contribution in [0, 0.1) is 11.7 Å². The van der Waals surface area contributed by atoms with Gasteiger partial charge in [-0.1, -0.05) is 25.4 Å². The normalized spacial score (nSPS) is 10.5. The minimum atomic E-state index is -0.514. The number of benzene rings is 1. The minimum Gasteiger partial charge on any atom is -0.324 e. The first-order valence-corrected chi connectivity index (χ1v) is 5.11. The van der Waals surface area contributed by atoms with Gasteiger partial charge in [-0.25, -0.2) is 4.39 Å². The maximum absolute atomic E-state index is 13.2. The predicted molar refractivity (Wildman–Crippen MR) is 59.5 cm³/mol. The smallest absolute Gasteiger partial charge is 0.224 e. The minimum absolute atomic E-state index is 0.171. The molecule has 0 aliphatic carbocycles. The van der Waals surface area contributed by atoms with Gasteiger partial charge in [0, 0.05) is 11.4 Å². The molecule has 1 amide bonds. The van der Waals surface area contributed by atoms with Gasteiger partial charge < -0.3 is 5.32 Å². The zero-order chi connectivity index (χ0) is 11.4. The van der Waals surface area contributed by atoms with Crippen LogP contribution in [0.15, 0.2) is 18.2 Å². The highest BCUT2D eigenvalue weighted by Crippen LogP contribution is 2.19. The standard InChI is InChI=1S/C11H13ClFNO/c1-7(2)5-11(15)14-10-4-3-8(12)6-9(10)13/h3-4,6-7H,5H2,1-2H3,(H,14,15). The van der Waals surface area contributed by atoms with Gasteiger partial charge in [0.1, 0.15) is 5.82 Å². The third-order valence-corrected chi connectivity index (χ3v) is 2.03. The molecule has 0 aliphatic rings. The molecule has 0 fully saturated rings. The molecule has 15 heavy (non-hydrogen) atoms. The lowest BCUT2D eigenvalue weighted by molar-refractivity contribution is -0.116. The lowest BCUT2D eigenvalue weighted by Gasteiger charge is -2.07. The van der Waals surface area contributed by atoms with E-state index in [1.807, 2.05) is 13.8 Å². The van der Waals surface area contributed by atoms with Crippen molar-refractivity contribution < 1.29 is 9.18 Å². The van der Waals surface area contributed by atoms with Gasteiger partial charge in [0.15, 0.2) is 0 Å². The molecule has 1 aromatic rings. The van der Waals surface area contributed by atoms with Crippen LogP contribution < -0.4 is 5.32 Å². The summed E-state index contributed by atoms with van der Waals surface area (Å²) in [6, 6.07) is 4.16. The molecule has 0 heterocycles. The second kappa shape index (κ2) is 5.12. The Labute approximate surface area is 93.4 Å². The van der Waals surface area contributed by atoms with E-state index in [-0.39, 0.29) is 17.5 Å². The third-order valence-electron chi connectivity index (χ3n) is 1.80. The van der Waals surface area contributed by atoms with Crippen molar-refractivity contribution in [2.45, 2.75) is 20.3 Å². The Kier molecular flexibility index (Phi) is 4.09. The van der Waals surface area contributed by atoms with Crippen LogP contribution in [0.5, 0.6) is 0 Å². The molecule has 0 saturated heterocycles. The quantitative estimate of drug-likeness (QED) is 0.845. The highest BCUT2D eigenvalue weighted by Gasteiger charge is 2.08. The highest BCUT2D eigenvalue weighted by atomic mass is 35.5. The summed E-state index contributed by atoms with van der Waals surface area (Å²) in [5.41, 5.74) is 0.171. The molecule has 0 aromatic heterocycles. The lowest BCUT2D eigenvalue weighted by atomic mass is 10.1. The Hall–Kier alpha value is -1.09. The Morgan fingerprint density at radius 2 is 2.20 bits per heavy atom. The fourth-order valence-electron chi connectivity index (χ4n) is 1.16. The molecule has 82 valence electrons. The van der Waals surface area contributed by atoms with Crippen molar-refractivity contribution in [3.05, 3.63) is 29.0 Å². The maximum atomic E-state index is 13.2. The summed E-state index contributed by atoms with van der Waals surface area (Å²) in [6.07, 6.45) is 0.377. The van der Waals surface area contributed by atoms with E-state index in [0.29, 0.717) is 11.4 Å². The molecule has 0 spiro atoms. The average molecular weight is 230 g/mol. The molecule has 0 atom stereocenters. The topological polar surface area (TPSA) is 29.1 Å². The van der Waals surface area contributed by atoms with E-state index in [1.54, 1.807) is 0 Å². The zero-order valence-corrected chi connectivity index (χ0v) is 9.44. The molecular formula is C11H13ClFNO. The van der Waals surface area contributed by atoms with Crippen molar-refractivity contribution in [3.63, 3.8) is 0 Å². The van der Waals surface area contributed by atoms with Crippen LogP contribution in [0.25, 0.3) is 0 Å². The second-order valence-corrected chi connectivity index (χ2v) is 4.21. The lowest BCUT2D eigenvalue weighted by Crippen LogP contribution is -2.14. The van der Waals surface area contributed by atoms with Crippen LogP contribution in [0.4, 0.5) is 10.1 Å². The van der Waals surface area contributed by atoms with Crippen molar-refractivity contribution in [3.8, 4) is 0 Å². The first kappa shape index (κ1) is 12.0. The van der Waals surface area contributed by atoms with Crippen LogP contribution in [-0.4, -0.2) is 5.91 Å². The van der Waals surface area contributed by atoms with Crippen LogP contribution in [-0.2, 0) is 4.79 Å². The van der Waals surface area contributed by atoms with E-state index >= 15 is 0 Å². The van der Waals surface area contributed by atoms with E-state index in [4.69, 9.17) is 11.6 Å². The summed E-state index contributed by atoms with van der Waals surface area (Å²) in [4.78, 5) is 11.3. The van der Waals surface area contributed by atoms with Crippen molar-refractivity contribution in [1.29, 1.82) is 0 Å². The van der Waals surface area contributed by atoms with Crippen LogP contribution in [0.3, 0.4) is 0 Å². The first-order valence-electron chi connectivity index (χ1n) is 4.74. The number of hydrogen-bond acceptors (Lipinski definition) is 1. The molecule has 1 aromatic carbocycles. The van der Waals surface area contributed by atoms with E-state index in [0.717, 1.165) is 0 Å². The van der Waals surface area contributed by atoms with E-state index < -0.39 is 5.82 Å². The van der Waals surface area contributed by atoms with Gasteiger partial charge in [0.05, 0.1) is 5.69 Å². The van der Waals surface area contributed by atoms with Gasteiger partial charge in [-0.05, 0) is 24.1 Å². The van der Waals surface area contributed by atoms with Crippen molar-refractivity contribution >= 4 is 23.2 Å². The Bertz CT molecular complexity index is 366. The zero-order valence-electron chi connectivity index (χ0n) is 8.68. The molecule has 2 nitrogen and oxygen atoms in total. The molecule has 1 N–H and O–H groups in total. The Balaban J connectivity index is 2.68. The van der Waals surface area contributed by atoms with Gasteiger partial charge in [0.25, 0.3) is 0 Å². The van der Waals surface area contributed by atoms with Crippen molar-refractivity contribution in [1.82, 2.24) is 0 Å². The van der Waals surface area contributed by atoms with Gasteiger partial charge in [-0.15, -0.1) is 0 Å². The van der Waals surface area contributed by atoms with Crippen molar-refractivity contribution in [2.24, 2.45) is 5.92 Å². The van der Waals surface area contributed by atoms with E-state index in [9.17, 15) is 9.18 Å². The average Bonchev–Trinajstić information content (AvgIpc) is 2.08. The summed E-state index contributed by atoms with van der Waals surface area (Å²) in [7, 11) is 0. The number of carbonyl (C=O) groups is 1. The summed E-state index contributed by atoms with van der Waals surface area (Å²) >= 11 is 5.59. The molecule has 4 heteroatoms. The van der Waals surface area contributed by atoms with Gasteiger partial charge >= 0.3 is 0 Å². The first-order chi connectivity index (χ1) is 6.99. The number of carbonyl (C=O) groups excluding carboxylic acids is 1. The molecule has 0 unspecified atom stereocenters. The molecule has 0 bridgehead atoms. The molecule has 0 radical (unpaired) electrons. The highest BCUT2D eigenvalue weighted by molar-refractivity contribution is 6.30. The van der Waals surface area contributed by atoms with E-state index in [1.165, 1.54) is 18.2 Å². The maximum Gasteiger partial charge on any atom is 0.224 e. The van der Waals surface area contributed by atoms with Gasteiger partial charge in [-0.2, -0.15) is 0 Å². The fraction of sp³-hybridized carbons (Fsp3) is 0.364. The van der Waals surface area contributed by atoms with Gasteiger partial charge in [-0.3, -0.25) is 4.79 Å². The Morgan fingerprint density at radius 1 is 1.53 bits per heavy atom. The largest absolute Gasteiger partial charge is 0.324 e. The number of hydrogen-bond donors (Lipinski definition) is 1. The molecule has 1 rings (SSSR count). The van der Waals surface area contributed by atoms with Crippen molar-refractivity contribution in [2.75, 3.05) is 5.32 Å². The number of nitrogens with one attached hydrogen (secondary N) is 1. The Morgan fingerprint density at radius 3 is 2.73 bits per heavy atom. The summed E-state index contributed by atoms with van der Waals surface area (Å²) in [5, 5.41) is 2.81. The number of amides is 1.